The van der Waals surface area contributed by atoms with Crippen LogP contribution in [0, 0.1) is 5.92 Å². The summed E-state index contributed by atoms with van der Waals surface area (Å²) in [6.07, 6.45) is 2.03. The number of rotatable bonds is 7. The van der Waals surface area contributed by atoms with Gasteiger partial charge in [-0.15, -0.1) is 0 Å². The largest absolute Gasteiger partial charge is 0.370 e. The fourth-order valence-corrected chi connectivity index (χ4v) is 3.63. The molecule has 0 saturated heterocycles. The number of hydrogen-bond acceptors (Lipinski definition) is 3. The molecule has 0 atom stereocenters. The number of carbonyl (C=O) groups is 1. The summed E-state index contributed by atoms with van der Waals surface area (Å²) in [7, 11) is 0. The van der Waals surface area contributed by atoms with E-state index >= 15 is 0 Å². The average Bonchev–Trinajstić information content (AvgIpc) is 3.28. The summed E-state index contributed by atoms with van der Waals surface area (Å²) in [5, 5.41) is 0. The van der Waals surface area contributed by atoms with Crippen LogP contribution in [-0.4, -0.2) is 25.0 Å². The second-order valence-corrected chi connectivity index (χ2v) is 7.65. The molecule has 2 heterocycles. The van der Waals surface area contributed by atoms with Crippen molar-refractivity contribution in [2.24, 2.45) is 11.7 Å². The Balaban J connectivity index is 1.95. The van der Waals surface area contributed by atoms with Gasteiger partial charge in [0.2, 0.25) is 5.91 Å². The molecule has 4 rings (SSSR count). The maximum absolute atomic E-state index is 11.4. The second-order valence-electron chi connectivity index (χ2n) is 7.65. The van der Waals surface area contributed by atoms with Gasteiger partial charge < -0.3 is 14.9 Å². The minimum atomic E-state index is -0.332. The number of aryl methyl sites for hydroxylation is 1. The Morgan fingerprint density at radius 3 is 2.52 bits per heavy atom. The number of aromatic nitrogens is 4. The van der Waals surface area contributed by atoms with Crippen molar-refractivity contribution in [1.29, 1.82) is 0 Å². The van der Waals surface area contributed by atoms with Gasteiger partial charge in [0.25, 0.3) is 0 Å². The van der Waals surface area contributed by atoms with E-state index in [0.29, 0.717) is 12.5 Å². The van der Waals surface area contributed by atoms with E-state index in [9.17, 15) is 4.79 Å². The van der Waals surface area contributed by atoms with Crippen LogP contribution < -0.4 is 5.73 Å². The topological polar surface area (TPSA) is 78.7 Å². The minimum absolute atomic E-state index is 0.252. The van der Waals surface area contributed by atoms with Gasteiger partial charge in [0.15, 0.2) is 5.82 Å². The Bertz CT molecular complexity index is 1140. The molecule has 6 nitrogen and oxygen atoms in total. The summed E-state index contributed by atoms with van der Waals surface area (Å²) in [4.78, 5) is 21.1. The molecule has 4 aromatic rings. The van der Waals surface area contributed by atoms with Crippen LogP contribution in [0.3, 0.4) is 0 Å². The van der Waals surface area contributed by atoms with Crippen LogP contribution >= 0.6 is 0 Å². The highest BCUT2D eigenvalue weighted by Crippen LogP contribution is 2.33. The number of primary amides is 1. The maximum Gasteiger partial charge on any atom is 0.219 e. The van der Waals surface area contributed by atoms with Gasteiger partial charge in [0.1, 0.15) is 5.69 Å². The maximum atomic E-state index is 11.4. The van der Waals surface area contributed by atoms with Crippen LogP contribution in [0.1, 0.15) is 20.3 Å². The van der Waals surface area contributed by atoms with Crippen molar-refractivity contribution < 1.29 is 4.79 Å². The molecule has 2 aromatic carbocycles. The Morgan fingerprint density at radius 2 is 1.79 bits per heavy atom. The zero-order valence-corrected chi connectivity index (χ0v) is 16.7. The standard InChI is InChI=1S/C23H25N5O/c1-16(2)14-28-19-11-7-6-10-18(19)26-23(28)22-21(17-8-4-3-5-9-17)25-15-27(22)13-12-20(24)29/h3-11,15-16H,12-14H2,1-2H3,(H2,24,29). The third-order valence-corrected chi connectivity index (χ3v) is 4.90. The van der Waals surface area contributed by atoms with Crippen LogP contribution in [0.5, 0.6) is 0 Å². The van der Waals surface area contributed by atoms with Crippen molar-refractivity contribution in [2.45, 2.75) is 33.4 Å². The Kier molecular flexibility index (Phi) is 5.16. The van der Waals surface area contributed by atoms with Gasteiger partial charge in [-0.1, -0.05) is 56.3 Å². The summed E-state index contributed by atoms with van der Waals surface area (Å²) in [5.74, 6) is 0.982. The van der Waals surface area contributed by atoms with E-state index in [1.165, 1.54) is 0 Å². The molecule has 0 fully saturated rings. The van der Waals surface area contributed by atoms with E-state index < -0.39 is 0 Å². The number of fused-ring (bicyclic) bond motifs is 1. The van der Waals surface area contributed by atoms with Gasteiger partial charge in [-0.3, -0.25) is 4.79 Å². The average molecular weight is 387 g/mol. The van der Waals surface area contributed by atoms with Crippen molar-refractivity contribution >= 4 is 16.9 Å². The molecule has 0 bridgehead atoms. The van der Waals surface area contributed by atoms with Crippen LogP contribution in [0.2, 0.25) is 0 Å². The predicted molar refractivity (Wildman–Crippen MR) is 115 cm³/mol. The predicted octanol–water partition coefficient (Wildman–Crippen LogP) is 4.10. The monoisotopic (exact) mass is 387 g/mol. The normalized spacial score (nSPS) is 11.4. The Labute approximate surface area is 170 Å². The summed E-state index contributed by atoms with van der Waals surface area (Å²) in [6, 6.07) is 18.2. The first-order valence-electron chi connectivity index (χ1n) is 9.89. The van der Waals surface area contributed by atoms with Gasteiger partial charge in [-0.2, -0.15) is 0 Å². The van der Waals surface area contributed by atoms with Gasteiger partial charge in [0, 0.05) is 25.1 Å². The number of amides is 1. The highest BCUT2D eigenvalue weighted by atomic mass is 16.1. The molecule has 0 unspecified atom stereocenters. The summed E-state index contributed by atoms with van der Waals surface area (Å²) in [5.41, 5.74) is 10.2. The fourth-order valence-electron chi connectivity index (χ4n) is 3.63. The van der Waals surface area contributed by atoms with Crippen LogP contribution in [0.4, 0.5) is 0 Å². The van der Waals surface area contributed by atoms with Crippen molar-refractivity contribution in [3.63, 3.8) is 0 Å². The van der Waals surface area contributed by atoms with E-state index in [0.717, 1.165) is 40.4 Å². The quantitative estimate of drug-likeness (QED) is 0.518. The zero-order chi connectivity index (χ0) is 20.4. The molecule has 0 radical (unpaired) electrons. The summed E-state index contributed by atoms with van der Waals surface area (Å²) in [6.45, 7) is 5.70. The van der Waals surface area contributed by atoms with Crippen molar-refractivity contribution in [1.82, 2.24) is 19.1 Å². The molecule has 0 spiro atoms. The van der Waals surface area contributed by atoms with Crippen LogP contribution in [0.25, 0.3) is 33.8 Å². The second kappa shape index (κ2) is 7.91. The zero-order valence-electron chi connectivity index (χ0n) is 16.7. The Morgan fingerprint density at radius 1 is 1.07 bits per heavy atom. The molecule has 29 heavy (non-hydrogen) atoms. The number of nitrogens with zero attached hydrogens (tertiary/aromatic N) is 4. The van der Waals surface area contributed by atoms with E-state index in [1.54, 1.807) is 6.33 Å². The van der Waals surface area contributed by atoms with Crippen molar-refractivity contribution in [2.75, 3.05) is 0 Å². The molecule has 148 valence electrons. The van der Waals surface area contributed by atoms with Gasteiger partial charge in [-0.05, 0) is 18.1 Å². The van der Waals surface area contributed by atoms with Gasteiger partial charge in [0.05, 0.1) is 23.1 Å². The van der Waals surface area contributed by atoms with Gasteiger partial charge >= 0.3 is 0 Å². The first kappa shape index (κ1) is 18.9. The smallest absolute Gasteiger partial charge is 0.219 e. The summed E-state index contributed by atoms with van der Waals surface area (Å²) < 4.78 is 4.25. The van der Waals surface area contributed by atoms with E-state index in [2.05, 4.69) is 29.5 Å². The first-order valence-corrected chi connectivity index (χ1v) is 9.89. The van der Waals surface area contributed by atoms with Crippen LogP contribution in [0.15, 0.2) is 60.9 Å². The molecule has 6 heteroatoms. The molecule has 2 aromatic heterocycles. The highest BCUT2D eigenvalue weighted by Gasteiger charge is 2.22. The molecule has 0 aliphatic rings. The Hall–Kier alpha value is -3.41. The van der Waals surface area contributed by atoms with Gasteiger partial charge in [-0.25, -0.2) is 9.97 Å². The van der Waals surface area contributed by atoms with E-state index in [4.69, 9.17) is 10.7 Å². The number of carbonyl (C=O) groups excluding carboxylic acids is 1. The lowest BCUT2D eigenvalue weighted by atomic mass is 10.1. The van der Waals surface area contributed by atoms with Crippen LogP contribution in [-0.2, 0) is 17.9 Å². The highest BCUT2D eigenvalue weighted by molar-refractivity contribution is 5.84. The van der Waals surface area contributed by atoms with E-state index in [1.807, 2.05) is 53.1 Å². The fraction of sp³-hybridized carbons (Fsp3) is 0.261. The number of imidazole rings is 2. The minimum Gasteiger partial charge on any atom is -0.370 e. The van der Waals surface area contributed by atoms with Crippen molar-refractivity contribution in [3.05, 3.63) is 60.9 Å². The third-order valence-electron chi connectivity index (χ3n) is 4.90. The van der Waals surface area contributed by atoms with Crippen molar-refractivity contribution in [3.8, 4) is 22.8 Å². The number of nitrogens with two attached hydrogens (primary N) is 1. The molecule has 0 saturated carbocycles. The lowest BCUT2D eigenvalue weighted by molar-refractivity contribution is -0.118. The van der Waals surface area contributed by atoms with E-state index in [-0.39, 0.29) is 12.3 Å². The molecule has 0 aliphatic heterocycles. The molecule has 0 aliphatic carbocycles. The molecule has 2 N–H and O–H groups in total. The number of para-hydroxylation sites is 2. The molecular weight excluding hydrogens is 362 g/mol. The number of hydrogen-bond donors (Lipinski definition) is 1. The first-order chi connectivity index (χ1) is 14.0. The molecular formula is C23H25N5O. The third kappa shape index (κ3) is 3.78. The lowest BCUT2D eigenvalue weighted by Crippen LogP contribution is -2.15. The summed E-state index contributed by atoms with van der Waals surface area (Å²) >= 11 is 0. The SMILES string of the molecule is CC(C)Cn1c(-c2c(-c3ccccc3)ncn2CCC(N)=O)nc2ccccc21. The molecule has 1 amide bonds. The lowest BCUT2D eigenvalue weighted by Gasteiger charge is -2.14. The number of benzene rings is 2.